The van der Waals surface area contributed by atoms with E-state index >= 15 is 0 Å². The summed E-state index contributed by atoms with van der Waals surface area (Å²) in [5.74, 6) is 1.89. The quantitative estimate of drug-likeness (QED) is 0.202. The molecule has 3 atom stereocenters. The van der Waals surface area contributed by atoms with E-state index in [9.17, 15) is 9.18 Å². The number of methoxy groups -OCH3 is 1. The SMILES string of the molecule is COc1nc2c(c(N(C)C3CCN(C(=O)/C=C/c4nc(C(C)C)no4)C3)n1)CCN(c1cccc3cccc(Cl)c13)C2.FC1CC2CCCN2C1. The Morgan fingerprint density at radius 1 is 1.10 bits per heavy atom. The Morgan fingerprint density at radius 3 is 2.69 bits per heavy atom. The zero-order chi connectivity index (χ0) is 35.6. The lowest BCUT2D eigenvalue weighted by Gasteiger charge is -2.34. The zero-order valence-electron chi connectivity index (χ0n) is 29.8. The Balaban J connectivity index is 0.000000389. The van der Waals surface area contributed by atoms with E-state index in [1.54, 1.807) is 13.2 Å². The van der Waals surface area contributed by atoms with Gasteiger partial charge in [-0.05, 0) is 56.2 Å². The molecule has 0 saturated carbocycles. The van der Waals surface area contributed by atoms with Crippen LogP contribution in [0.4, 0.5) is 15.9 Å². The predicted molar refractivity (Wildman–Crippen MR) is 197 cm³/mol. The van der Waals surface area contributed by atoms with E-state index in [-0.39, 0.29) is 17.9 Å². The van der Waals surface area contributed by atoms with Crippen LogP contribution in [0.25, 0.3) is 16.8 Å². The third-order valence-electron chi connectivity index (χ3n) is 10.5. The standard InChI is InChI=1S/C31H34ClN7O3.C7H12FN/c1-19(2)29-34-26(42-36-29)11-12-27(40)39-15-13-21(17-39)37(3)30-22-14-16-38(18-24(22)33-31(35-30)41-4)25-10-6-8-20-7-5-9-23(32)28(20)25;8-6-4-7-2-1-3-9(7)5-6/h5-12,19,21H,13-18H2,1-4H3;6-7H,1-5H2/b12-11+;. The number of rotatable bonds is 7. The van der Waals surface area contributed by atoms with Crippen molar-refractivity contribution in [1.82, 2.24) is 29.9 Å². The number of carbonyl (C=O) groups is 1. The van der Waals surface area contributed by atoms with Crippen LogP contribution < -0.4 is 14.5 Å². The van der Waals surface area contributed by atoms with Crippen LogP contribution in [0.1, 0.15) is 68.4 Å². The first-order valence-corrected chi connectivity index (χ1v) is 18.3. The maximum absolute atomic E-state index is 13.0. The van der Waals surface area contributed by atoms with Gasteiger partial charge in [-0.1, -0.05) is 54.9 Å². The summed E-state index contributed by atoms with van der Waals surface area (Å²) < 4.78 is 23.4. The topological polar surface area (TPSA) is 104 Å². The van der Waals surface area contributed by atoms with Crippen molar-refractivity contribution in [3.05, 3.63) is 70.5 Å². The number of aromatic nitrogens is 4. The first-order valence-electron chi connectivity index (χ1n) is 18.0. The first kappa shape index (κ1) is 35.1. The van der Waals surface area contributed by atoms with E-state index in [1.807, 2.05) is 37.9 Å². The maximum Gasteiger partial charge on any atom is 0.318 e. The number of amides is 1. The second kappa shape index (κ2) is 15.1. The average molecular weight is 717 g/mol. The number of fused-ring (bicyclic) bond motifs is 3. The van der Waals surface area contributed by atoms with Crippen LogP contribution in [0.15, 0.2) is 47.0 Å². The van der Waals surface area contributed by atoms with Gasteiger partial charge in [-0.2, -0.15) is 15.0 Å². The lowest BCUT2D eigenvalue weighted by Crippen LogP contribution is -2.39. The van der Waals surface area contributed by atoms with Gasteiger partial charge in [0.15, 0.2) is 5.82 Å². The second-order valence-corrected chi connectivity index (χ2v) is 14.6. The van der Waals surface area contributed by atoms with Crippen LogP contribution in [0.5, 0.6) is 6.01 Å². The molecule has 6 heterocycles. The second-order valence-electron chi connectivity index (χ2n) is 14.2. The molecule has 51 heavy (non-hydrogen) atoms. The minimum atomic E-state index is -0.518. The highest BCUT2D eigenvalue weighted by Crippen LogP contribution is 2.37. The molecule has 0 aliphatic carbocycles. The fraction of sp³-hybridized carbons (Fsp3) is 0.500. The molecule has 0 bridgehead atoms. The van der Waals surface area contributed by atoms with Gasteiger partial charge < -0.3 is 24.0 Å². The number of ether oxygens (including phenoxy) is 1. The van der Waals surface area contributed by atoms with Crippen molar-refractivity contribution in [2.24, 2.45) is 0 Å². The van der Waals surface area contributed by atoms with Crippen LogP contribution in [0.3, 0.4) is 0 Å². The van der Waals surface area contributed by atoms with E-state index in [4.69, 9.17) is 30.8 Å². The summed E-state index contributed by atoms with van der Waals surface area (Å²) >= 11 is 6.64. The third-order valence-corrected chi connectivity index (χ3v) is 10.9. The number of alkyl halides is 1. The molecule has 270 valence electrons. The van der Waals surface area contributed by atoms with E-state index in [1.165, 1.54) is 18.9 Å². The number of benzene rings is 2. The van der Waals surface area contributed by atoms with Gasteiger partial charge in [0, 0.05) is 80.0 Å². The van der Waals surface area contributed by atoms with Gasteiger partial charge >= 0.3 is 6.01 Å². The average Bonchev–Trinajstić information content (AvgIpc) is 3.95. The summed E-state index contributed by atoms with van der Waals surface area (Å²) in [5, 5.41) is 6.85. The molecule has 4 aromatic rings. The normalized spacial score (nSPS) is 21.7. The molecular weight excluding hydrogens is 671 g/mol. The fourth-order valence-corrected chi connectivity index (χ4v) is 8.05. The molecular formula is C38H46ClFN8O3. The first-order chi connectivity index (χ1) is 24.7. The van der Waals surface area contributed by atoms with Gasteiger partial charge in [0.1, 0.15) is 12.0 Å². The Hall–Kier alpha value is -4.29. The van der Waals surface area contributed by atoms with E-state index in [2.05, 4.69) is 49.1 Å². The van der Waals surface area contributed by atoms with E-state index in [0.29, 0.717) is 49.9 Å². The van der Waals surface area contributed by atoms with Gasteiger partial charge in [-0.25, -0.2) is 4.39 Å². The number of hydrogen-bond donors (Lipinski definition) is 0. The largest absolute Gasteiger partial charge is 0.467 e. The molecule has 0 spiro atoms. The monoisotopic (exact) mass is 716 g/mol. The predicted octanol–water partition coefficient (Wildman–Crippen LogP) is 6.30. The lowest BCUT2D eigenvalue weighted by molar-refractivity contribution is -0.124. The van der Waals surface area contributed by atoms with Gasteiger partial charge in [0.05, 0.1) is 24.4 Å². The summed E-state index contributed by atoms with van der Waals surface area (Å²) in [6.45, 7) is 8.50. The highest BCUT2D eigenvalue weighted by Gasteiger charge is 2.35. The Kier molecular flexibility index (Phi) is 10.4. The van der Waals surface area contributed by atoms with E-state index in [0.717, 1.165) is 70.9 Å². The molecule has 0 radical (unpaired) electrons. The van der Waals surface area contributed by atoms with Crippen LogP contribution in [-0.4, -0.2) is 101 Å². The number of anilines is 2. The number of hydrogen-bond acceptors (Lipinski definition) is 10. The molecule has 2 aromatic carbocycles. The van der Waals surface area contributed by atoms with Gasteiger partial charge in [0.25, 0.3) is 5.89 Å². The van der Waals surface area contributed by atoms with Crippen molar-refractivity contribution in [3.63, 3.8) is 0 Å². The van der Waals surface area contributed by atoms with Gasteiger partial charge in [-0.15, -0.1) is 0 Å². The third kappa shape index (κ3) is 7.53. The lowest BCUT2D eigenvalue weighted by atomic mass is 10.0. The zero-order valence-corrected chi connectivity index (χ0v) is 30.5. The molecule has 4 aliphatic rings. The Morgan fingerprint density at radius 2 is 1.92 bits per heavy atom. The summed E-state index contributed by atoms with van der Waals surface area (Å²) in [5.41, 5.74) is 3.14. The summed E-state index contributed by atoms with van der Waals surface area (Å²) in [7, 11) is 3.63. The van der Waals surface area contributed by atoms with Crippen molar-refractivity contribution < 1.29 is 18.4 Å². The smallest absolute Gasteiger partial charge is 0.318 e. The van der Waals surface area contributed by atoms with Crippen molar-refractivity contribution in [1.29, 1.82) is 0 Å². The minimum absolute atomic E-state index is 0.0816. The molecule has 11 nitrogen and oxygen atoms in total. The van der Waals surface area contributed by atoms with Crippen molar-refractivity contribution in [2.75, 3.05) is 56.7 Å². The number of carbonyl (C=O) groups excluding carboxylic acids is 1. The number of likely N-dealkylation sites (N-methyl/N-ethyl adjacent to an activating group) is 1. The van der Waals surface area contributed by atoms with Gasteiger partial charge in [0.2, 0.25) is 5.91 Å². The number of nitrogens with zero attached hydrogens (tertiary/aromatic N) is 8. The number of likely N-dealkylation sites (tertiary alicyclic amines) is 1. The molecule has 3 unspecified atom stereocenters. The highest BCUT2D eigenvalue weighted by atomic mass is 35.5. The molecule has 3 fully saturated rings. The molecule has 8 rings (SSSR count). The van der Waals surface area contributed by atoms with Crippen molar-refractivity contribution in [3.8, 4) is 6.01 Å². The van der Waals surface area contributed by atoms with Crippen LogP contribution >= 0.6 is 11.6 Å². The molecule has 4 aliphatic heterocycles. The fourth-order valence-electron chi connectivity index (χ4n) is 7.77. The van der Waals surface area contributed by atoms with Crippen LogP contribution in [-0.2, 0) is 17.8 Å². The van der Waals surface area contributed by atoms with Gasteiger partial charge in [-0.3, -0.25) is 9.69 Å². The summed E-state index contributed by atoms with van der Waals surface area (Å²) in [6.07, 6.45) is 7.51. The Bertz CT molecular complexity index is 1880. The molecule has 0 N–H and O–H groups in total. The summed E-state index contributed by atoms with van der Waals surface area (Å²) in [4.78, 5) is 35.4. The number of halogens is 2. The Labute approximate surface area is 303 Å². The summed E-state index contributed by atoms with van der Waals surface area (Å²) in [6, 6.07) is 13.3. The van der Waals surface area contributed by atoms with Crippen molar-refractivity contribution >= 4 is 45.9 Å². The highest BCUT2D eigenvalue weighted by molar-refractivity contribution is 6.36. The van der Waals surface area contributed by atoms with E-state index < -0.39 is 6.17 Å². The maximum atomic E-state index is 13.0. The minimum Gasteiger partial charge on any atom is -0.467 e. The molecule has 2 aromatic heterocycles. The molecule has 13 heteroatoms. The molecule has 1 amide bonds. The molecule has 3 saturated heterocycles. The van der Waals surface area contributed by atoms with Crippen molar-refractivity contribution in [2.45, 2.75) is 76.7 Å². The van der Waals surface area contributed by atoms with Crippen LogP contribution in [0, 0.1) is 0 Å². The van der Waals surface area contributed by atoms with Crippen LogP contribution in [0.2, 0.25) is 5.02 Å².